The number of nitrogens with zero attached hydrogens (tertiary/aromatic N) is 1. The third kappa shape index (κ3) is 6.99. The quantitative estimate of drug-likeness (QED) is 0.597. The van der Waals surface area contributed by atoms with E-state index in [0.29, 0.717) is 13.2 Å². The van der Waals surface area contributed by atoms with Crippen LogP contribution >= 0.6 is 0 Å². The van der Waals surface area contributed by atoms with Crippen LogP contribution in [0.2, 0.25) is 0 Å². The minimum absolute atomic E-state index is 0.194. The Balaban J connectivity index is 2.46. The molecule has 2 N–H and O–H groups in total. The van der Waals surface area contributed by atoms with Crippen molar-refractivity contribution in [3.8, 4) is 5.75 Å². The van der Waals surface area contributed by atoms with E-state index in [4.69, 9.17) is 9.47 Å². The van der Waals surface area contributed by atoms with E-state index >= 15 is 0 Å². The molecule has 0 spiro atoms. The molecule has 5 nitrogen and oxygen atoms in total. The van der Waals surface area contributed by atoms with Crippen molar-refractivity contribution in [1.82, 2.24) is 10.6 Å². The zero-order valence-electron chi connectivity index (χ0n) is 13.6. The summed E-state index contributed by atoms with van der Waals surface area (Å²) in [6.07, 6.45) is 0.194. The molecular formula is C16H27N3O2. The maximum atomic E-state index is 5.63. The summed E-state index contributed by atoms with van der Waals surface area (Å²) in [5, 5.41) is 6.54. The number of benzene rings is 1. The Morgan fingerprint density at radius 2 is 1.86 bits per heavy atom. The molecular weight excluding hydrogens is 266 g/mol. The van der Waals surface area contributed by atoms with E-state index in [0.717, 1.165) is 11.7 Å². The molecule has 0 bridgehead atoms. The molecule has 1 unspecified atom stereocenters. The van der Waals surface area contributed by atoms with E-state index in [2.05, 4.69) is 34.7 Å². The van der Waals surface area contributed by atoms with Gasteiger partial charge in [-0.3, -0.25) is 4.99 Å². The molecule has 1 rings (SSSR count). The van der Waals surface area contributed by atoms with Crippen LogP contribution in [-0.4, -0.2) is 38.9 Å². The third-order valence-corrected chi connectivity index (χ3v) is 2.78. The highest BCUT2D eigenvalue weighted by Gasteiger charge is 2.04. The number of nitrogens with one attached hydrogen (secondary N) is 2. The fourth-order valence-electron chi connectivity index (χ4n) is 1.86. The smallest absolute Gasteiger partial charge is 0.191 e. The van der Waals surface area contributed by atoms with Crippen molar-refractivity contribution in [2.24, 2.45) is 4.99 Å². The van der Waals surface area contributed by atoms with Gasteiger partial charge < -0.3 is 20.1 Å². The first kappa shape index (κ1) is 17.3. The Morgan fingerprint density at radius 3 is 2.38 bits per heavy atom. The third-order valence-electron chi connectivity index (χ3n) is 2.78. The molecule has 0 aliphatic carbocycles. The number of ether oxygens (including phenoxy) is 2. The predicted octanol–water partition coefficient (Wildman–Crippen LogP) is 2.17. The van der Waals surface area contributed by atoms with E-state index in [1.54, 1.807) is 14.2 Å². The average molecular weight is 293 g/mol. The van der Waals surface area contributed by atoms with Crippen molar-refractivity contribution < 1.29 is 9.47 Å². The molecule has 0 aliphatic heterocycles. The molecule has 0 fully saturated rings. The summed E-state index contributed by atoms with van der Waals surface area (Å²) >= 11 is 0. The van der Waals surface area contributed by atoms with E-state index in [1.165, 1.54) is 5.56 Å². The summed E-state index contributed by atoms with van der Waals surface area (Å²) in [4.78, 5) is 4.20. The number of hydrogen-bond acceptors (Lipinski definition) is 3. The summed E-state index contributed by atoms with van der Waals surface area (Å²) in [5.74, 6) is 1.66. The number of guanidine groups is 1. The molecule has 1 aromatic rings. The molecule has 0 aliphatic rings. The largest absolute Gasteiger partial charge is 0.491 e. The first-order valence-electron chi connectivity index (χ1n) is 7.27. The van der Waals surface area contributed by atoms with Gasteiger partial charge in [0.25, 0.3) is 0 Å². The van der Waals surface area contributed by atoms with E-state index in [1.807, 2.05) is 26.0 Å². The maximum absolute atomic E-state index is 5.63. The predicted molar refractivity (Wildman–Crippen MR) is 86.9 cm³/mol. The second-order valence-electron chi connectivity index (χ2n) is 5.24. The Morgan fingerprint density at radius 1 is 1.19 bits per heavy atom. The van der Waals surface area contributed by atoms with Gasteiger partial charge in [0.05, 0.1) is 12.7 Å². The number of methoxy groups -OCH3 is 1. The van der Waals surface area contributed by atoms with Crippen molar-refractivity contribution in [3.05, 3.63) is 29.8 Å². The van der Waals surface area contributed by atoms with Gasteiger partial charge in [0.2, 0.25) is 0 Å². The lowest BCUT2D eigenvalue weighted by Gasteiger charge is -2.17. The average Bonchev–Trinajstić information content (AvgIpc) is 2.44. The SMILES string of the molecule is CN=C(NCc1ccc(OC(C)C)cc1)NC(C)COC. The van der Waals surface area contributed by atoms with Gasteiger partial charge in [-0.1, -0.05) is 12.1 Å². The van der Waals surface area contributed by atoms with Crippen LogP contribution in [0.4, 0.5) is 0 Å². The molecule has 21 heavy (non-hydrogen) atoms. The first-order valence-corrected chi connectivity index (χ1v) is 7.27. The molecule has 118 valence electrons. The Labute approximate surface area is 127 Å². The van der Waals surface area contributed by atoms with Gasteiger partial charge in [-0.25, -0.2) is 0 Å². The van der Waals surface area contributed by atoms with Gasteiger partial charge in [0.1, 0.15) is 5.75 Å². The van der Waals surface area contributed by atoms with Crippen molar-refractivity contribution in [1.29, 1.82) is 0 Å². The van der Waals surface area contributed by atoms with Crippen molar-refractivity contribution in [3.63, 3.8) is 0 Å². The monoisotopic (exact) mass is 293 g/mol. The summed E-state index contributed by atoms with van der Waals surface area (Å²) in [6, 6.07) is 8.29. The molecule has 0 saturated heterocycles. The normalized spacial score (nSPS) is 13.1. The molecule has 0 aromatic heterocycles. The molecule has 0 radical (unpaired) electrons. The molecule has 1 atom stereocenters. The molecule has 0 heterocycles. The van der Waals surface area contributed by atoms with E-state index < -0.39 is 0 Å². The maximum Gasteiger partial charge on any atom is 0.191 e. The van der Waals surface area contributed by atoms with Gasteiger partial charge >= 0.3 is 0 Å². The Hall–Kier alpha value is -1.75. The lowest BCUT2D eigenvalue weighted by molar-refractivity contribution is 0.179. The zero-order chi connectivity index (χ0) is 15.7. The van der Waals surface area contributed by atoms with Crippen LogP contribution in [-0.2, 0) is 11.3 Å². The molecule has 0 saturated carbocycles. The fraction of sp³-hybridized carbons (Fsp3) is 0.562. The van der Waals surface area contributed by atoms with Gasteiger partial charge in [0, 0.05) is 26.7 Å². The van der Waals surface area contributed by atoms with Gasteiger partial charge in [0.15, 0.2) is 5.96 Å². The van der Waals surface area contributed by atoms with Crippen LogP contribution in [0.5, 0.6) is 5.75 Å². The van der Waals surface area contributed by atoms with Crippen molar-refractivity contribution in [2.75, 3.05) is 20.8 Å². The fourth-order valence-corrected chi connectivity index (χ4v) is 1.86. The topological polar surface area (TPSA) is 54.9 Å². The highest BCUT2D eigenvalue weighted by atomic mass is 16.5. The summed E-state index contributed by atoms with van der Waals surface area (Å²) in [7, 11) is 3.45. The second-order valence-corrected chi connectivity index (χ2v) is 5.24. The molecule has 0 amide bonds. The van der Waals surface area contributed by atoms with E-state index in [-0.39, 0.29) is 12.1 Å². The number of hydrogen-bond donors (Lipinski definition) is 2. The summed E-state index contributed by atoms with van der Waals surface area (Å²) in [6.45, 7) is 7.44. The standard InChI is InChI=1S/C16H27N3O2/c1-12(2)21-15-8-6-14(7-9-15)10-18-16(17-4)19-13(3)11-20-5/h6-9,12-13H,10-11H2,1-5H3,(H2,17,18,19). The van der Waals surface area contributed by atoms with Crippen LogP contribution < -0.4 is 15.4 Å². The Kier molecular flexibility index (Phi) is 7.61. The zero-order valence-corrected chi connectivity index (χ0v) is 13.6. The lowest BCUT2D eigenvalue weighted by Crippen LogP contribution is -2.43. The second kappa shape index (κ2) is 9.23. The van der Waals surface area contributed by atoms with Crippen LogP contribution in [0.15, 0.2) is 29.3 Å². The van der Waals surface area contributed by atoms with Crippen LogP contribution in [0.25, 0.3) is 0 Å². The lowest BCUT2D eigenvalue weighted by atomic mass is 10.2. The number of aliphatic imine (C=N–C) groups is 1. The van der Waals surface area contributed by atoms with Crippen LogP contribution in [0.3, 0.4) is 0 Å². The van der Waals surface area contributed by atoms with Gasteiger partial charge in [-0.2, -0.15) is 0 Å². The van der Waals surface area contributed by atoms with Crippen LogP contribution in [0, 0.1) is 0 Å². The minimum atomic E-state index is 0.194. The summed E-state index contributed by atoms with van der Waals surface area (Å²) < 4.78 is 10.7. The van der Waals surface area contributed by atoms with Crippen molar-refractivity contribution in [2.45, 2.75) is 39.5 Å². The van der Waals surface area contributed by atoms with Gasteiger partial charge in [-0.15, -0.1) is 0 Å². The highest BCUT2D eigenvalue weighted by Crippen LogP contribution is 2.13. The number of rotatable bonds is 7. The molecule has 1 aromatic carbocycles. The van der Waals surface area contributed by atoms with E-state index in [9.17, 15) is 0 Å². The molecule has 5 heteroatoms. The van der Waals surface area contributed by atoms with Crippen molar-refractivity contribution >= 4 is 5.96 Å². The highest BCUT2D eigenvalue weighted by molar-refractivity contribution is 5.79. The minimum Gasteiger partial charge on any atom is -0.491 e. The first-order chi connectivity index (χ1) is 10.0. The van der Waals surface area contributed by atoms with Crippen LogP contribution in [0.1, 0.15) is 26.3 Å². The summed E-state index contributed by atoms with van der Waals surface area (Å²) in [5.41, 5.74) is 1.17. The Bertz CT molecular complexity index is 430. The van der Waals surface area contributed by atoms with Gasteiger partial charge in [-0.05, 0) is 38.5 Å².